The molecule has 2 aromatic heterocycles. The first kappa shape index (κ1) is 44.3. The molecule has 2 heterocycles. The van der Waals surface area contributed by atoms with Gasteiger partial charge in [0.25, 0.3) is 0 Å². The van der Waals surface area contributed by atoms with Crippen LogP contribution in [-0.2, 0) is 0 Å². The fraction of sp³-hybridized carbons (Fsp3) is 0. The molecule has 0 unspecified atom stereocenters. The Hall–Kier alpha value is -9.70. The predicted octanol–water partition coefficient (Wildman–Crippen LogP) is 23.5. The van der Waals surface area contributed by atoms with Gasteiger partial charge in [0.05, 0.1) is 0 Å². The van der Waals surface area contributed by atoms with Crippen molar-refractivity contribution in [1.82, 2.24) is 0 Å². The monoisotopic (exact) mass is 1040 g/mol. The van der Waals surface area contributed by atoms with Crippen molar-refractivity contribution >= 4 is 160 Å². The summed E-state index contributed by atoms with van der Waals surface area (Å²) in [5.74, 6) is 0. The van der Waals surface area contributed by atoms with Gasteiger partial charge < -0.3 is 0 Å². The standard InChI is InChI=1S/C78H44S2/c1-3-15-57-53(11-1)55-13-5-8-18-60(55)68-37-45(21-29-63(57)68)49-26-34-75-72(41-49)67-33-25-52(44-78(67)80-75)48-24-32-66-70(40-48)62-20-10-7-17-59(62)65-31-23-47(39-71(65)66)51-28-36-77-74(43-51)73-42-50(27-35-76(73)79-77)46-22-30-64-58-16-4-2-12-54(58)56-14-6-9-19-61(56)69(64)38-46/h1-44H. The highest BCUT2D eigenvalue weighted by molar-refractivity contribution is 7.26. The molecule has 0 saturated heterocycles. The van der Waals surface area contributed by atoms with Crippen LogP contribution in [0.15, 0.2) is 267 Å². The van der Waals surface area contributed by atoms with E-state index in [0.717, 1.165) is 0 Å². The van der Waals surface area contributed by atoms with E-state index in [0.29, 0.717) is 0 Å². The molecule has 80 heavy (non-hydrogen) atoms. The summed E-state index contributed by atoms with van der Waals surface area (Å²) >= 11 is 3.77. The van der Waals surface area contributed by atoms with Crippen LogP contribution in [0.1, 0.15) is 0 Å². The molecule has 0 nitrogen and oxygen atoms in total. The number of rotatable bonds is 4. The van der Waals surface area contributed by atoms with Crippen LogP contribution in [0.4, 0.5) is 0 Å². The fourth-order valence-corrected chi connectivity index (χ4v) is 16.0. The summed E-state index contributed by atoms with van der Waals surface area (Å²) in [4.78, 5) is 0. The molecule has 0 spiro atoms. The number of thiophene rings is 2. The molecule has 0 radical (unpaired) electrons. The van der Waals surface area contributed by atoms with Crippen LogP contribution >= 0.6 is 22.7 Å². The summed E-state index contributed by atoms with van der Waals surface area (Å²) in [6, 6.07) is 101. The number of benzene rings is 16. The van der Waals surface area contributed by atoms with Crippen LogP contribution in [0.2, 0.25) is 0 Å². The molecule has 18 aromatic rings. The van der Waals surface area contributed by atoms with Gasteiger partial charge in [-0.05, 0) is 208 Å². The maximum absolute atomic E-state index is 2.44. The highest BCUT2D eigenvalue weighted by Crippen LogP contribution is 2.46. The third kappa shape index (κ3) is 6.55. The van der Waals surface area contributed by atoms with Crippen LogP contribution < -0.4 is 0 Å². The van der Waals surface area contributed by atoms with E-state index < -0.39 is 0 Å². The highest BCUT2D eigenvalue weighted by atomic mass is 32.1. The average Bonchev–Trinajstić information content (AvgIpc) is 4.16. The van der Waals surface area contributed by atoms with Gasteiger partial charge in [0, 0.05) is 40.3 Å². The van der Waals surface area contributed by atoms with E-state index in [1.807, 2.05) is 22.7 Å². The lowest BCUT2D eigenvalue weighted by molar-refractivity contribution is 1.69. The second kappa shape index (κ2) is 16.9. The first-order valence-electron chi connectivity index (χ1n) is 27.6. The summed E-state index contributed by atoms with van der Waals surface area (Å²) in [5, 5.41) is 28.5. The Kier molecular flexibility index (Phi) is 9.36. The van der Waals surface area contributed by atoms with E-state index in [2.05, 4.69) is 267 Å². The fourth-order valence-electron chi connectivity index (χ4n) is 13.8. The summed E-state index contributed by atoms with van der Waals surface area (Å²) in [6.07, 6.45) is 0. The molecule has 0 aliphatic heterocycles. The summed E-state index contributed by atoms with van der Waals surface area (Å²) < 4.78 is 5.24. The van der Waals surface area contributed by atoms with Crippen molar-refractivity contribution in [2.45, 2.75) is 0 Å². The normalized spacial score (nSPS) is 12.2. The molecule has 16 aromatic carbocycles. The molecule has 0 saturated carbocycles. The van der Waals surface area contributed by atoms with Crippen molar-refractivity contribution in [3.05, 3.63) is 267 Å². The SMILES string of the molecule is c1ccc2c(c1)c1ccccc1c1cc(-c3ccc4sc5cc(-c6ccc7c(c6)c6ccccc6c6ccc(-c8ccc9sc%10ccc(-c%11ccc%12c%13ccccc%13c%13ccccc%13c%12c%11)cc%10c9c8)cc67)ccc5c4c3)ccc21. The van der Waals surface area contributed by atoms with Crippen LogP contribution in [-0.4, -0.2) is 0 Å². The Balaban J connectivity index is 0.714. The molecular formula is C78H44S2. The smallest absolute Gasteiger partial charge is 0.0361 e. The van der Waals surface area contributed by atoms with Crippen molar-refractivity contribution in [2.75, 3.05) is 0 Å². The predicted molar refractivity (Wildman–Crippen MR) is 352 cm³/mol. The Morgan fingerprint density at radius 2 is 0.312 bits per heavy atom. The van der Waals surface area contributed by atoms with E-state index in [1.54, 1.807) is 0 Å². The minimum Gasteiger partial charge on any atom is -0.135 e. The highest BCUT2D eigenvalue weighted by Gasteiger charge is 2.17. The van der Waals surface area contributed by atoms with Crippen molar-refractivity contribution in [3.63, 3.8) is 0 Å². The Morgan fingerprint density at radius 1 is 0.125 bits per heavy atom. The zero-order valence-corrected chi connectivity index (χ0v) is 44.9. The molecule has 0 fully saturated rings. The molecule has 2 heteroatoms. The summed E-state index contributed by atoms with van der Waals surface area (Å²) in [6.45, 7) is 0. The second-order valence-corrected chi connectivity index (χ2v) is 24.0. The maximum Gasteiger partial charge on any atom is 0.0361 e. The van der Waals surface area contributed by atoms with Gasteiger partial charge in [0.15, 0.2) is 0 Å². The molecule has 0 aliphatic carbocycles. The minimum absolute atomic E-state index is 1.23. The quantitative estimate of drug-likeness (QED) is 0.154. The van der Waals surface area contributed by atoms with Gasteiger partial charge in [-0.3, -0.25) is 0 Å². The molecule has 0 bridgehead atoms. The Bertz CT molecular complexity index is 5660. The molecule has 18 rings (SSSR count). The average molecular weight is 1050 g/mol. The zero-order chi connectivity index (χ0) is 52.2. The van der Waals surface area contributed by atoms with E-state index >= 15 is 0 Å². The maximum atomic E-state index is 2.44. The lowest BCUT2D eigenvalue weighted by Crippen LogP contribution is -1.87. The summed E-state index contributed by atoms with van der Waals surface area (Å²) in [7, 11) is 0. The van der Waals surface area contributed by atoms with Gasteiger partial charge in [0.2, 0.25) is 0 Å². The minimum atomic E-state index is 1.23. The molecule has 0 atom stereocenters. The zero-order valence-electron chi connectivity index (χ0n) is 43.2. The van der Waals surface area contributed by atoms with Crippen molar-refractivity contribution in [3.8, 4) is 44.5 Å². The van der Waals surface area contributed by atoms with Gasteiger partial charge in [-0.15, -0.1) is 22.7 Å². The first-order chi connectivity index (χ1) is 39.6. The van der Waals surface area contributed by atoms with Crippen LogP contribution in [0, 0.1) is 0 Å². The van der Waals surface area contributed by atoms with Crippen LogP contribution in [0.25, 0.3) is 182 Å². The van der Waals surface area contributed by atoms with Gasteiger partial charge in [-0.2, -0.15) is 0 Å². The van der Waals surface area contributed by atoms with E-state index in [-0.39, 0.29) is 0 Å². The van der Waals surface area contributed by atoms with Crippen molar-refractivity contribution in [2.24, 2.45) is 0 Å². The van der Waals surface area contributed by atoms with E-state index in [4.69, 9.17) is 0 Å². The second-order valence-electron chi connectivity index (χ2n) is 21.8. The number of hydrogen-bond acceptors (Lipinski definition) is 2. The van der Waals surface area contributed by atoms with Crippen molar-refractivity contribution < 1.29 is 0 Å². The largest absolute Gasteiger partial charge is 0.135 e. The third-order valence-electron chi connectivity index (χ3n) is 17.6. The molecule has 368 valence electrons. The first-order valence-corrected chi connectivity index (χ1v) is 29.2. The lowest BCUT2D eigenvalue weighted by atomic mass is 9.90. The van der Waals surface area contributed by atoms with Gasteiger partial charge in [-0.25, -0.2) is 0 Å². The van der Waals surface area contributed by atoms with E-state index in [1.165, 1.54) is 182 Å². The molecular weight excluding hydrogens is 1000 g/mol. The molecule has 0 amide bonds. The number of fused-ring (bicyclic) bond motifs is 24. The topological polar surface area (TPSA) is 0 Å². The molecule has 0 aliphatic rings. The Labute approximate surface area is 468 Å². The summed E-state index contributed by atoms with van der Waals surface area (Å²) in [5.41, 5.74) is 9.89. The van der Waals surface area contributed by atoms with E-state index in [9.17, 15) is 0 Å². The third-order valence-corrected chi connectivity index (χ3v) is 19.9. The van der Waals surface area contributed by atoms with Gasteiger partial charge in [-0.1, -0.05) is 200 Å². The van der Waals surface area contributed by atoms with Crippen molar-refractivity contribution in [1.29, 1.82) is 0 Å². The van der Waals surface area contributed by atoms with Crippen LogP contribution in [0.5, 0.6) is 0 Å². The number of hydrogen-bond donors (Lipinski definition) is 0. The lowest BCUT2D eigenvalue weighted by Gasteiger charge is -2.14. The molecule has 0 N–H and O–H groups in total. The van der Waals surface area contributed by atoms with Gasteiger partial charge in [0.1, 0.15) is 0 Å². The Morgan fingerprint density at radius 3 is 0.613 bits per heavy atom. The van der Waals surface area contributed by atoms with Crippen LogP contribution in [0.3, 0.4) is 0 Å². The van der Waals surface area contributed by atoms with Gasteiger partial charge >= 0.3 is 0 Å².